The van der Waals surface area contributed by atoms with Crippen LogP contribution in [-0.4, -0.2) is 53.2 Å². The van der Waals surface area contributed by atoms with E-state index in [4.69, 9.17) is 9.97 Å². The van der Waals surface area contributed by atoms with Gasteiger partial charge in [-0.05, 0) is 65.9 Å². The fourth-order valence-electron chi connectivity index (χ4n) is 5.46. The predicted molar refractivity (Wildman–Crippen MR) is 162 cm³/mol. The first-order valence-electron chi connectivity index (χ1n) is 13.3. The van der Waals surface area contributed by atoms with Crippen molar-refractivity contribution in [3.63, 3.8) is 0 Å². The zero-order valence-electron chi connectivity index (χ0n) is 23.1. The van der Waals surface area contributed by atoms with Gasteiger partial charge in [0.15, 0.2) is 0 Å². The van der Waals surface area contributed by atoms with Gasteiger partial charge in [0.1, 0.15) is 11.6 Å². The van der Waals surface area contributed by atoms with Crippen molar-refractivity contribution in [2.75, 3.05) is 0 Å². The number of carboxylic acid groups (broad SMARTS) is 1. The van der Waals surface area contributed by atoms with Gasteiger partial charge in [-0.3, -0.25) is 0 Å². The Kier molecular flexibility index (Phi) is 7.78. The van der Waals surface area contributed by atoms with Crippen LogP contribution < -0.4 is 0 Å². The van der Waals surface area contributed by atoms with E-state index in [-0.39, 0.29) is 23.1 Å². The van der Waals surface area contributed by atoms with E-state index in [1.54, 1.807) is 12.1 Å². The van der Waals surface area contributed by atoms with Crippen molar-refractivity contribution in [2.24, 2.45) is 7.05 Å². The van der Waals surface area contributed by atoms with Crippen molar-refractivity contribution in [2.45, 2.75) is 33.2 Å². The normalized spacial score (nSPS) is 11.2. The Morgan fingerprint density at radius 2 is 1.60 bits per heavy atom. The van der Waals surface area contributed by atoms with Crippen LogP contribution in [0.1, 0.15) is 40.7 Å². The van der Waals surface area contributed by atoms with Crippen molar-refractivity contribution >= 4 is 51.1 Å². The SMILES string of the molecule is CCCc1nc2c(C)cc(-c3nc4ccccc4n3C)cc2n1Cc1ccc(-c2ccccc2C(=O)O)cc1.[Mg+2]. The summed E-state index contributed by atoms with van der Waals surface area (Å²) in [4.78, 5) is 21.7. The predicted octanol–water partition coefficient (Wildman–Crippen LogP) is 6.88. The molecule has 194 valence electrons. The summed E-state index contributed by atoms with van der Waals surface area (Å²) in [5.74, 6) is 1.08. The van der Waals surface area contributed by atoms with Gasteiger partial charge < -0.3 is 14.2 Å². The quantitative estimate of drug-likeness (QED) is 0.225. The summed E-state index contributed by atoms with van der Waals surface area (Å²) in [7, 11) is 2.06. The number of aromatic nitrogens is 4. The fraction of sp³-hybridized carbons (Fsp3) is 0.182. The molecular formula is C33H30MgN4O2+2. The van der Waals surface area contributed by atoms with E-state index in [0.717, 1.165) is 74.4 Å². The number of hydrogen-bond acceptors (Lipinski definition) is 3. The molecule has 6 aromatic rings. The number of fused-ring (bicyclic) bond motifs is 2. The van der Waals surface area contributed by atoms with E-state index in [1.807, 2.05) is 42.5 Å². The molecule has 2 heterocycles. The molecule has 0 aliphatic heterocycles. The molecule has 0 unspecified atom stereocenters. The summed E-state index contributed by atoms with van der Waals surface area (Å²) in [5, 5.41) is 9.60. The summed E-state index contributed by atoms with van der Waals surface area (Å²) >= 11 is 0. The minimum Gasteiger partial charge on any atom is -0.478 e. The summed E-state index contributed by atoms with van der Waals surface area (Å²) < 4.78 is 4.47. The van der Waals surface area contributed by atoms with Gasteiger partial charge in [0.25, 0.3) is 0 Å². The average molecular weight is 539 g/mol. The fourth-order valence-corrected chi connectivity index (χ4v) is 5.46. The van der Waals surface area contributed by atoms with Gasteiger partial charge in [0.05, 0.1) is 27.6 Å². The van der Waals surface area contributed by atoms with Gasteiger partial charge >= 0.3 is 29.0 Å². The second kappa shape index (κ2) is 11.3. The summed E-state index contributed by atoms with van der Waals surface area (Å²) in [6.45, 7) is 4.98. The summed E-state index contributed by atoms with van der Waals surface area (Å²) in [6.07, 6.45) is 1.89. The number of hydrogen-bond donors (Lipinski definition) is 1. The zero-order chi connectivity index (χ0) is 27.1. The van der Waals surface area contributed by atoms with E-state index in [1.165, 1.54) is 0 Å². The Morgan fingerprint density at radius 3 is 2.33 bits per heavy atom. The number of aromatic carboxylic acids is 1. The molecule has 0 aliphatic carbocycles. The molecule has 6 rings (SSSR count). The van der Waals surface area contributed by atoms with Crippen LogP contribution in [0, 0.1) is 6.92 Å². The van der Waals surface area contributed by atoms with Crippen molar-refractivity contribution in [1.29, 1.82) is 0 Å². The molecule has 2 aromatic heterocycles. The number of para-hydroxylation sites is 2. The van der Waals surface area contributed by atoms with Crippen LogP contribution in [0.2, 0.25) is 0 Å². The molecule has 0 spiro atoms. The minimum absolute atomic E-state index is 0. The van der Waals surface area contributed by atoms with Gasteiger partial charge in [0.2, 0.25) is 0 Å². The van der Waals surface area contributed by atoms with Gasteiger partial charge in [-0.2, -0.15) is 0 Å². The Bertz CT molecular complexity index is 1850. The number of benzene rings is 4. The molecule has 7 heteroatoms. The third-order valence-electron chi connectivity index (χ3n) is 7.41. The van der Waals surface area contributed by atoms with Gasteiger partial charge in [-0.25, -0.2) is 14.8 Å². The largest absolute Gasteiger partial charge is 2.00 e. The number of carbonyl (C=O) groups is 1. The molecule has 0 radical (unpaired) electrons. The van der Waals surface area contributed by atoms with Gasteiger partial charge in [-0.1, -0.05) is 61.5 Å². The number of nitrogens with zero attached hydrogens (tertiary/aromatic N) is 4. The number of rotatable bonds is 7. The van der Waals surface area contributed by atoms with E-state index >= 15 is 0 Å². The third kappa shape index (κ3) is 4.91. The van der Waals surface area contributed by atoms with Crippen molar-refractivity contribution in [3.8, 4) is 22.5 Å². The standard InChI is InChI=1S/C33H30N4O2.Mg/c1-4-9-30-35-31-21(2)18-24(32-34-27-12-7-8-13-28(27)36(32)3)19-29(31)37(30)20-22-14-16-23(17-15-22)25-10-5-6-11-26(25)33(38)39;/h5-8,10-19H,4,9,20H2,1-3H3,(H,38,39);/q;+2. The summed E-state index contributed by atoms with van der Waals surface area (Å²) in [6, 6.07) is 27.9. The topological polar surface area (TPSA) is 72.9 Å². The van der Waals surface area contributed by atoms with Crippen molar-refractivity contribution < 1.29 is 9.90 Å². The van der Waals surface area contributed by atoms with Gasteiger partial charge in [0, 0.05) is 25.6 Å². The first kappa shape index (κ1) is 27.6. The molecule has 1 N–H and O–H groups in total. The van der Waals surface area contributed by atoms with Crippen LogP contribution in [0.4, 0.5) is 0 Å². The number of carboxylic acids is 1. The Labute approximate surface area is 249 Å². The monoisotopic (exact) mass is 538 g/mol. The van der Waals surface area contributed by atoms with Crippen molar-refractivity contribution in [1.82, 2.24) is 19.1 Å². The maximum absolute atomic E-state index is 11.7. The molecule has 0 aliphatic rings. The molecule has 0 saturated heterocycles. The van der Waals surface area contributed by atoms with Crippen LogP contribution in [0.5, 0.6) is 0 Å². The van der Waals surface area contributed by atoms with E-state index in [9.17, 15) is 9.90 Å². The molecular weight excluding hydrogens is 509 g/mol. The second-order valence-corrected chi connectivity index (χ2v) is 10.1. The zero-order valence-corrected chi connectivity index (χ0v) is 24.5. The second-order valence-electron chi connectivity index (χ2n) is 10.1. The van der Waals surface area contributed by atoms with Crippen LogP contribution in [-0.2, 0) is 20.0 Å². The molecule has 6 nitrogen and oxygen atoms in total. The first-order chi connectivity index (χ1) is 18.9. The Balaban J connectivity index is 0.00000323. The van der Waals surface area contributed by atoms with E-state index in [2.05, 4.69) is 60.4 Å². The molecule has 0 bridgehead atoms. The Morgan fingerprint density at radius 1 is 0.875 bits per heavy atom. The molecule has 4 aromatic carbocycles. The maximum atomic E-state index is 11.7. The van der Waals surface area contributed by atoms with Crippen LogP contribution >= 0.6 is 0 Å². The average Bonchev–Trinajstić information content (AvgIpc) is 3.47. The first-order valence-corrected chi connectivity index (χ1v) is 13.3. The van der Waals surface area contributed by atoms with E-state index < -0.39 is 5.97 Å². The van der Waals surface area contributed by atoms with Crippen LogP contribution in [0.3, 0.4) is 0 Å². The molecule has 0 saturated carbocycles. The smallest absolute Gasteiger partial charge is 0.478 e. The molecule has 0 fully saturated rings. The molecule has 0 atom stereocenters. The molecule has 40 heavy (non-hydrogen) atoms. The molecule has 0 amide bonds. The van der Waals surface area contributed by atoms with Crippen LogP contribution in [0.15, 0.2) is 84.9 Å². The Hall–Kier alpha value is -3.94. The van der Waals surface area contributed by atoms with Gasteiger partial charge in [-0.15, -0.1) is 0 Å². The summed E-state index contributed by atoms with van der Waals surface area (Å²) in [5.41, 5.74) is 9.46. The minimum atomic E-state index is -0.921. The van der Waals surface area contributed by atoms with E-state index in [0.29, 0.717) is 12.1 Å². The third-order valence-corrected chi connectivity index (χ3v) is 7.41. The maximum Gasteiger partial charge on any atom is 2.00 e. The van der Waals surface area contributed by atoms with Crippen molar-refractivity contribution in [3.05, 3.63) is 107 Å². The number of aryl methyl sites for hydroxylation is 3. The number of imidazole rings is 2. The van der Waals surface area contributed by atoms with Crippen LogP contribution in [0.25, 0.3) is 44.6 Å².